The van der Waals surface area contributed by atoms with Crippen LogP contribution in [0.4, 0.5) is 4.39 Å². The Labute approximate surface area is 169 Å². The van der Waals surface area contributed by atoms with Gasteiger partial charge >= 0.3 is 0 Å². The summed E-state index contributed by atoms with van der Waals surface area (Å²) in [5, 5.41) is 7.46. The summed E-state index contributed by atoms with van der Waals surface area (Å²) in [6, 6.07) is 13.1. The molecule has 3 heterocycles. The van der Waals surface area contributed by atoms with Crippen LogP contribution < -0.4 is 5.01 Å². The van der Waals surface area contributed by atoms with E-state index in [-0.39, 0.29) is 11.7 Å². The minimum atomic E-state index is -0.258. The molecule has 150 valence electrons. The van der Waals surface area contributed by atoms with Gasteiger partial charge in [0.2, 0.25) is 5.91 Å². The van der Waals surface area contributed by atoms with Gasteiger partial charge in [-0.15, -0.1) is 0 Å². The average molecular weight is 393 g/mol. The van der Waals surface area contributed by atoms with Gasteiger partial charge in [0.15, 0.2) is 0 Å². The zero-order valence-electron chi connectivity index (χ0n) is 16.3. The van der Waals surface area contributed by atoms with Crippen LogP contribution in [0.25, 0.3) is 10.9 Å². The first-order valence-corrected chi connectivity index (χ1v) is 10.1. The topological polar surface area (TPSA) is 44.6 Å². The van der Waals surface area contributed by atoms with Crippen molar-refractivity contribution in [3.05, 3.63) is 65.6 Å². The molecule has 0 spiro atoms. The number of benzene rings is 2. The predicted octanol–water partition coefficient (Wildman–Crippen LogP) is 2.01. The molecule has 1 fully saturated rings. The number of amides is 1. The predicted molar refractivity (Wildman–Crippen MR) is 110 cm³/mol. The first kappa shape index (κ1) is 18.1. The summed E-state index contributed by atoms with van der Waals surface area (Å²) in [6.07, 6.45) is 2.69. The molecule has 2 aliphatic heterocycles. The molecule has 5 rings (SSSR count). The maximum absolute atomic E-state index is 13.6. The molecule has 2 aromatic carbocycles. The number of carbonyl (C=O) groups excluding carboxylic acids is 1. The number of halogens is 1. The van der Waals surface area contributed by atoms with E-state index in [2.05, 4.69) is 33.2 Å². The normalized spacial score (nSPS) is 17.6. The summed E-state index contributed by atoms with van der Waals surface area (Å²) in [7, 11) is 0. The lowest BCUT2D eigenvalue weighted by atomic mass is 10.00. The number of hydrogen-bond acceptors (Lipinski definition) is 4. The average Bonchev–Trinajstić information content (AvgIpc) is 3.17. The van der Waals surface area contributed by atoms with E-state index in [0.29, 0.717) is 13.1 Å². The highest BCUT2D eigenvalue weighted by molar-refractivity contribution is 5.79. The molecule has 3 aromatic rings. The Kier molecular flexibility index (Phi) is 4.67. The Balaban J connectivity index is 1.19. The number of rotatable bonds is 3. The van der Waals surface area contributed by atoms with Gasteiger partial charge in [0.05, 0.1) is 18.3 Å². The lowest BCUT2D eigenvalue weighted by Crippen LogP contribution is -2.54. The van der Waals surface area contributed by atoms with Crippen LogP contribution in [0.2, 0.25) is 0 Å². The maximum atomic E-state index is 13.6. The molecule has 0 aliphatic carbocycles. The number of aromatic nitrogens is 2. The zero-order chi connectivity index (χ0) is 19.8. The smallest absolute Gasteiger partial charge is 0.237 e. The van der Waals surface area contributed by atoms with Crippen LogP contribution in [0.5, 0.6) is 0 Å². The fraction of sp³-hybridized carbons (Fsp3) is 0.364. The van der Waals surface area contributed by atoms with Gasteiger partial charge in [0.1, 0.15) is 5.82 Å². The summed E-state index contributed by atoms with van der Waals surface area (Å²) in [6.45, 7) is 5.03. The van der Waals surface area contributed by atoms with Gasteiger partial charge in [-0.3, -0.25) is 14.7 Å². The van der Waals surface area contributed by atoms with Crippen LogP contribution >= 0.6 is 0 Å². The minimum absolute atomic E-state index is 0.194. The SMILES string of the molecule is O=C(CN1CCN(n2ncc3ccc(F)cc32)CC1)N1CCc2ccccc2C1. The van der Waals surface area contributed by atoms with Gasteiger partial charge in [-0.05, 0) is 29.7 Å². The fourth-order valence-electron chi connectivity index (χ4n) is 4.29. The molecule has 1 amide bonds. The van der Waals surface area contributed by atoms with Crippen molar-refractivity contribution >= 4 is 16.8 Å². The number of fused-ring (bicyclic) bond motifs is 2. The van der Waals surface area contributed by atoms with E-state index in [1.165, 1.54) is 23.3 Å². The van der Waals surface area contributed by atoms with Crippen LogP contribution in [-0.2, 0) is 17.8 Å². The molecular weight excluding hydrogens is 369 g/mol. The second-order valence-electron chi connectivity index (χ2n) is 7.80. The third kappa shape index (κ3) is 3.58. The van der Waals surface area contributed by atoms with Crippen molar-refractivity contribution in [1.29, 1.82) is 0 Å². The summed E-state index contributed by atoms with van der Waals surface area (Å²) in [5.74, 6) is -0.0637. The number of piperazine rings is 1. The van der Waals surface area contributed by atoms with Gasteiger partial charge in [0, 0.05) is 50.7 Å². The van der Waals surface area contributed by atoms with Crippen LogP contribution in [-0.4, -0.2) is 64.9 Å². The van der Waals surface area contributed by atoms with Crippen molar-refractivity contribution in [3.63, 3.8) is 0 Å². The van der Waals surface area contributed by atoms with Crippen LogP contribution in [0.15, 0.2) is 48.7 Å². The van der Waals surface area contributed by atoms with E-state index in [4.69, 9.17) is 0 Å². The Morgan fingerprint density at radius 3 is 2.62 bits per heavy atom. The van der Waals surface area contributed by atoms with Crippen LogP contribution in [0, 0.1) is 5.82 Å². The molecule has 29 heavy (non-hydrogen) atoms. The number of carbonyl (C=O) groups is 1. The molecule has 1 saturated heterocycles. The van der Waals surface area contributed by atoms with E-state index < -0.39 is 0 Å². The van der Waals surface area contributed by atoms with E-state index in [0.717, 1.165) is 50.0 Å². The molecule has 0 saturated carbocycles. The Morgan fingerprint density at radius 1 is 1.00 bits per heavy atom. The van der Waals surface area contributed by atoms with Crippen molar-refractivity contribution < 1.29 is 9.18 Å². The molecule has 6 nitrogen and oxygen atoms in total. The van der Waals surface area contributed by atoms with Crippen molar-refractivity contribution in [2.45, 2.75) is 13.0 Å². The second-order valence-corrected chi connectivity index (χ2v) is 7.80. The Bertz CT molecular complexity index is 1040. The lowest BCUT2D eigenvalue weighted by molar-refractivity contribution is -0.133. The highest BCUT2D eigenvalue weighted by Gasteiger charge is 2.25. The minimum Gasteiger partial charge on any atom is -0.337 e. The summed E-state index contributed by atoms with van der Waals surface area (Å²) < 4.78 is 13.6. The largest absolute Gasteiger partial charge is 0.337 e. The van der Waals surface area contributed by atoms with Crippen LogP contribution in [0.3, 0.4) is 0 Å². The van der Waals surface area contributed by atoms with Crippen molar-refractivity contribution in [2.75, 3.05) is 44.3 Å². The maximum Gasteiger partial charge on any atom is 0.237 e. The highest BCUT2D eigenvalue weighted by Crippen LogP contribution is 2.19. The third-order valence-corrected chi connectivity index (χ3v) is 5.97. The fourth-order valence-corrected chi connectivity index (χ4v) is 4.29. The van der Waals surface area contributed by atoms with Crippen LogP contribution in [0.1, 0.15) is 11.1 Å². The van der Waals surface area contributed by atoms with Gasteiger partial charge in [0.25, 0.3) is 0 Å². The van der Waals surface area contributed by atoms with Gasteiger partial charge < -0.3 is 4.90 Å². The molecule has 0 radical (unpaired) electrons. The van der Waals surface area contributed by atoms with E-state index in [9.17, 15) is 9.18 Å². The van der Waals surface area contributed by atoms with Crippen molar-refractivity contribution in [1.82, 2.24) is 19.7 Å². The molecule has 0 N–H and O–H groups in total. The van der Waals surface area contributed by atoms with Crippen molar-refractivity contribution in [2.24, 2.45) is 0 Å². The highest BCUT2D eigenvalue weighted by atomic mass is 19.1. The third-order valence-electron chi connectivity index (χ3n) is 5.97. The van der Waals surface area contributed by atoms with E-state index in [1.807, 2.05) is 11.0 Å². The zero-order valence-corrected chi connectivity index (χ0v) is 16.3. The lowest BCUT2D eigenvalue weighted by Gasteiger charge is -2.37. The van der Waals surface area contributed by atoms with E-state index >= 15 is 0 Å². The summed E-state index contributed by atoms with van der Waals surface area (Å²) in [5.41, 5.74) is 3.39. The quantitative estimate of drug-likeness (QED) is 0.683. The first-order chi connectivity index (χ1) is 14.2. The van der Waals surface area contributed by atoms with Gasteiger partial charge in [-0.25, -0.2) is 4.39 Å². The molecule has 7 heteroatoms. The summed E-state index contributed by atoms with van der Waals surface area (Å²) in [4.78, 5) is 18.8. The first-order valence-electron chi connectivity index (χ1n) is 10.1. The van der Waals surface area contributed by atoms with Gasteiger partial charge in [-0.2, -0.15) is 9.89 Å². The number of hydrogen-bond donors (Lipinski definition) is 0. The molecule has 0 unspecified atom stereocenters. The molecule has 0 bridgehead atoms. The number of nitrogens with zero attached hydrogens (tertiary/aromatic N) is 5. The molecule has 2 aliphatic rings. The molecule has 1 aromatic heterocycles. The molecule has 0 atom stereocenters. The Morgan fingerprint density at radius 2 is 1.79 bits per heavy atom. The monoisotopic (exact) mass is 393 g/mol. The Hall–Kier alpha value is -2.93. The standard InChI is InChI=1S/C22H24FN5O/c23-20-6-5-18-14-24-28(21(18)13-20)27-11-9-25(10-12-27)16-22(29)26-8-7-17-3-1-2-4-19(17)15-26/h1-6,13-14H,7-12,15-16H2. The van der Waals surface area contributed by atoms with Gasteiger partial charge in [-0.1, -0.05) is 24.3 Å². The van der Waals surface area contributed by atoms with Crippen molar-refractivity contribution in [3.8, 4) is 0 Å². The summed E-state index contributed by atoms with van der Waals surface area (Å²) >= 11 is 0. The molecular formula is C22H24FN5O. The second kappa shape index (κ2) is 7.48. The van der Waals surface area contributed by atoms with E-state index in [1.54, 1.807) is 17.1 Å².